The van der Waals surface area contributed by atoms with Crippen LogP contribution in [-0.4, -0.2) is 25.5 Å². The maximum absolute atomic E-state index is 12.3. The predicted molar refractivity (Wildman–Crippen MR) is 113 cm³/mol. The van der Waals surface area contributed by atoms with Gasteiger partial charge in [-0.3, -0.25) is 9.59 Å². The highest BCUT2D eigenvalue weighted by atomic mass is 16.5. The van der Waals surface area contributed by atoms with Gasteiger partial charge in [-0.2, -0.15) is 5.26 Å². The van der Waals surface area contributed by atoms with Crippen LogP contribution in [0, 0.1) is 11.3 Å². The largest absolute Gasteiger partial charge is 0.497 e. The first kappa shape index (κ1) is 20.4. The lowest BCUT2D eigenvalue weighted by Crippen LogP contribution is -2.20. The summed E-state index contributed by atoms with van der Waals surface area (Å²) in [4.78, 5) is 24.4. The number of carbonyl (C=O) groups excluding carboxylic acids is 2. The monoisotopic (exact) mass is 401 g/mol. The number of rotatable bonds is 7. The first-order chi connectivity index (χ1) is 14.6. The second-order valence-corrected chi connectivity index (χ2v) is 6.24. The molecule has 0 atom stereocenters. The van der Waals surface area contributed by atoms with Gasteiger partial charge in [-0.05, 0) is 60.7 Å². The minimum absolute atomic E-state index is 0.173. The Morgan fingerprint density at radius 3 is 2.30 bits per heavy atom. The van der Waals surface area contributed by atoms with Crippen molar-refractivity contribution in [2.45, 2.75) is 0 Å². The summed E-state index contributed by atoms with van der Waals surface area (Å²) in [5, 5.41) is 14.3. The molecule has 3 aromatic rings. The molecule has 7 nitrogen and oxygen atoms in total. The van der Waals surface area contributed by atoms with Gasteiger partial charge in [0.15, 0.2) is 6.61 Å². The Kier molecular flexibility index (Phi) is 6.64. The molecule has 0 saturated carbocycles. The van der Waals surface area contributed by atoms with E-state index in [4.69, 9.17) is 14.7 Å². The maximum Gasteiger partial charge on any atom is 0.262 e. The Balaban J connectivity index is 1.51. The first-order valence-corrected chi connectivity index (χ1v) is 9.05. The Bertz CT molecular complexity index is 1070. The van der Waals surface area contributed by atoms with Crippen molar-refractivity contribution < 1.29 is 19.1 Å². The average molecular weight is 401 g/mol. The summed E-state index contributed by atoms with van der Waals surface area (Å²) in [7, 11) is 1.55. The van der Waals surface area contributed by atoms with E-state index in [1.165, 1.54) is 0 Å². The fraction of sp³-hybridized carbons (Fsp3) is 0.0870. The minimum atomic E-state index is -0.314. The highest BCUT2D eigenvalue weighted by Gasteiger charge is 2.08. The molecule has 7 heteroatoms. The molecule has 30 heavy (non-hydrogen) atoms. The van der Waals surface area contributed by atoms with Crippen LogP contribution >= 0.6 is 0 Å². The lowest BCUT2D eigenvalue weighted by Gasteiger charge is -2.09. The summed E-state index contributed by atoms with van der Waals surface area (Å²) in [5.74, 6) is 0.502. The van der Waals surface area contributed by atoms with Crippen LogP contribution in [0.4, 0.5) is 11.4 Å². The number of carbonyl (C=O) groups is 2. The van der Waals surface area contributed by atoms with Crippen molar-refractivity contribution in [1.29, 1.82) is 5.26 Å². The third kappa shape index (κ3) is 5.59. The standard InChI is InChI=1S/C23H19N3O4/c1-29-21-4-2-3-19(13-21)25-22(27)15-30-20-11-7-17(8-12-20)23(28)26-18-9-5-16(14-24)6-10-18/h2-13H,15H2,1H3,(H,25,27)(H,26,28). The molecule has 0 aliphatic heterocycles. The van der Waals surface area contributed by atoms with Crippen LogP contribution in [0.1, 0.15) is 15.9 Å². The number of hydrogen-bond acceptors (Lipinski definition) is 5. The number of nitrogens with zero attached hydrogens (tertiary/aromatic N) is 1. The third-order valence-electron chi connectivity index (χ3n) is 4.11. The van der Waals surface area contributed by atoms with E-state index in [0.29, 0.717) is 34.0 Å². The van der Waals surface area contributed by atoms with Crippen LogP contribution in [0.2, 0.25) is 0 Å². The van der Waals surface area contributed by atoms with Crippen molar-refractivity contribution >= 4 is 23.2 Å². The van der Waals surface area contributed by atoms with Gasteiger partial charge in [0, 0.05) is 23.0 Å². The molecule has 3 aromatic carbocycles. The molecular formula is C23H19N3O4. The van der Waals surface area contributed by atoms with E-state index >= 15 is 0 Å². The topological polar surface area (TPSA) is 100 Å². The van der Waals surface area contributed by atoms with Gasteiger partial charge in [0.2, 0.25) is 0 Å². The van der Waals surface area contributed by atoms with E-state index < -0.39 is 0 Å². The van der Waals surface area contributed by atoms with Crippen LogP contribution in [0.5, 0.6) is 11.5 Å². The quantitative estimate of drug-likeness (QED) is 0.627. The van der Waals surface area contributed by atoms with Gasteiger partial charge in [0.1, 0.15) is 11.5 Å². The minimum Gasteiger partial charge on any atom is -0.497 e. The Labute approximate surface area is 173 Å². The summed E-state index contributed by atoms with van der Waals surface area (Å²) in [6, 6.07) is 22.1. The van der Waals surface area contributed by atoms with Crippen molar-refractivity contribution in [2.24, 2.45) is 0 Å². The van der Waals surface area contributed by atoms with Gasteiger partial charge < -0.3 is 20.1 Å². The highest BCUT2D eigenvalue weighted by Crippen LogP contribution is 2.17. The Hall–Kier alpha value is -4.31. The van der Waals surface area contributed by atoms with Crippen LogP contribution in [0.15, 0.2) is 72.8 Å². The number of nitriles is 1. The summed E-state index contributed by atoms with van der Waals surface area (Å²) >= 11 is 0. The van der Waals surface area contributed by atoms with Crippen molar-refractivity contribution in [3.05, 3.63) is 83.9 Å². The molecule has 0 heterocycles. The lowest BCUT2D eigenvalue weighted by atomic mass is 10.2. The number of hydrogen-bond donors (Lipinski definition) is 2. The summed E-state index contributed by atoms with van der Waals surface area (Å²) < 4.78 is 10.6. The molecule has 0 fully saturated rings. The second kappa shape index (κ2) is 9.75. The lowest BCUT2D eigenvalue weighted by molar-refractivity contribution is -0.118. The average Bonchev–Trinajstić information content (AvgIpc) is 2.78. The van der Waals surface area contributed by atoms with Crippen LogP contribution < -0.4 is 20.1 Å². The number of benzene rings is 3. The zero-order chi connectivity index (χ0) is 21.3. The number of anilines is 2. The molecule has 0 aromatic heterocycles. The maximum atomic E-state index is 12.3. The summed E-state index contributed by atoms with van der Waals surface area (Å²) in [5.41, 5.74) is 2.16. The third-order valence-corrected chi connectivity index (χ3v) is 4.11. The molecule has 0 spiro atoms. The van der Waals surface area contributed by atoms with Gasteiger partial charge in [-0.15, -0.1) is 0 Å². The number of ether oxygens (including phenoxy) is 2. The number of amides is 2. The smallest absolute Gasteiger partial charge is 0.262 e. The van der Waals surface area contributed by atoms with Crippen LogP contribution in [0.25, 0.3) is 0 Å². The second-order valence-electron chi connectivity index (χ2n) is 6.24. The molecule has 0 aliphatic carbocycles. The zero-order valence-corrected chi connectivity index (χ0v) is 16.2. The van der Waals surface area contributed by atoms with E-state index in [0.717, 1.165) is 0 Å². The summed E-state index contributed by atoms with van der Waals surface area (Å²) in [6.45, 7) is -0.173. The van der Waals surface area contributed by atoms with Crippen LogP contribution in [-0.2, 0) is 4.79 Å². The van der Waals surface area contributed by atoms with E-state index in [1.807, 2.05) is 6.07 Å². The molecule has 150 valence electrons. The predicted octanol–water partition coefficient (Wildman–Crippen LogP) is 3.84. The highest BCUT2D eigenvalue weighted by molar-refractivity contribution is 6.04. The fourth-order valence-corrected chi connectivity index (χ4v) is 2.58. The van der Waals surface area contributed by atoms with E-state index in [1.54, 1.807) is 79.9 Å². The van der Waals surface area contributed by atoms with E-state index in [-0.39, 0.29) is 18.4 Å². The number of methoxy groups -OCH3 is 1. The van der Waals surface area contributed by atoms with Crippen LogP contribution in [0.3, 0.4) is 0 Å². The fourth-order valence-electron chi connectivity index (χ4n) is 2.58. The first-order valence-electron chi connectivity index (χ1n) is 9.05. The van der Waals surface area contributed by atoms with Gasteiger partial charge in [-0.25, -0.2) is 0 Å². The van der Waals surface area contributed by atoms with Crippen molar-refractivity contribution in [2.75, 3.05) is 24.4 Å². The van der Waals surface area contributed by atoms with Crippen molar-refractivity contribution in [1.82, 2.24) is 0 Å². The molecule has 3 rings (SSSR count). The van der Waals surface area contributed by atoms with Gasteiger partial charge in [0.05, 0.1) is 18.7 Å². The van der Waals surface area contributed by atoms with E-state index in [2.05, 4.69) is 10.6 Å². The van der Waals surface area contributed by atoms with Crippen molar-refractivity contribution in [3.8, 4) is 17.6 Å². The molecule has 0 aliphatic rings. The van der Waals surface area contributed by atoms with E-state index in [9.17, 15) is 9.59 Å². The zero-order valence-electron chi connectivity index (χ0n) is 16.2. The number of nitrogens with one attached hydrogen (secondary N) is 2. The molecular weight excluding hydrogens is 382 g/mol. The molecule has 0 radical (unpaired) electrons. The van der Waals surface area contributed by atoms with Gasteiger partial charge >= 0.3 is 0 Å². The van der Waals surface area contributed by atoms with Crippen molar-refractivity contribution in [3.63, 3.8) is 0 Å². The Morgan fingerprint density at radius 1 is 0.900 bits per heavy atom. The molecule has 0 saturated heterocycles. The Morgan fingerprint density at radius 2 is 1.63 bits per heavy atom. The van der Waals surface area contributed by atoms with Gasteiger partial charge in [-0.1, -0.05) is 6.07 Å². The molecule has 0 unspecified atom stereocenters. The normalized spacial score (nSPS) is 9.87. The molecule has 2 amide bonds. The summed E-state index contributed by atoms with van der Waals surface area (Å²) in [6.07, 6.45) is 0. The SMILES string of the molecule is COc1cccc(NC(=O)COc2ccc(C(=O)Nc3ccc(C#N)cc3)cc2)c1. The molecule has 2 N–H and O–H groups in total. The van der Waals surface area contributed by atoms with Gasteiger partial charge in [0.25, 0.3) is 11.8 Å². The molecule has 0 bridgehead atoms.